The minimum Gasteiger partial charge on any atom is -0.329 e. The van der Waals surface area contributed by atoms with Crippen LogP contribution in [0.4, 0.5) is 28.8 Å². The Morgan fingerprint density at radius 3 is 2.55 bits per heavy atom. The lowest BCUT2D eigenvalue weighted by atomic mass is 10.0. The lowest BCUT2D eigenvalue weighted by Gasteiger charge is -2.18. The number of hydrogen-bond donors (Lipinski definition) is 1. The lowest BCUT2D eigenvalue weighted by Crippen LogP contribution is -2.12. The fourth-order valence-corrected chi connectivity index (χ4v) is 2.85. The molecule has 0 fully saturated rings. The summed E-state index contributed by atoms with van der Waals surface area (Å²) in [7, 11) is 1.82. The summed E-state index contributed by atoms with van der Waals surface area (Å²) in [4.78, 5) is 33.0. The van der Waals surface area contributed by atoms with Crippen LogP contribution >= 0.6 is 0 Å². The van der Waals surface area contributed by atoms with Gasteiger partial charge in [0.1, 0.15) is 5.82 Å². The normalized spacial score (nSPS) is 10.4. The third-order valence-corrected chi connectivity index (χ3v) is 4.55. The molecule has 148 valence electrons. The third kappa shape index (κ3) is 4.55. The molecule has 2 aromatic carbocycles. The van der Waals surface area contributed by atoms with Crippen molar-refractivity contribution in [1.29, 1.82) is 0 Å². The number of benzene rings is 2. The van der Waals surface area contributed by atoms with Gasteiger partial charge in [-0.1, -0.05) is 13.0 Å². The zero-order chi connectivity index (χ0) is 21.0. The summed E-state index contributed by atoms with van der Waals surface area (Å²) in [6.07, 6.45) is 2.06. The number of nitro groups is 1. The van der Waals surface area contributed by atoms with Crippen LogP contribution in [-0.2, 0) is 0 Å². The molecule has 0 aliphatic heterocycles. The van der Waals surface area contributed by atoms with E-state index >= 15 is 0 Å². The number of hydrogen-bond acceptors (Lipinski definition) is 7. The van der Waals surface area contributed by atoms with Crippen molar-refractivity contribution >= 4 is 34.6 Å². The second kappa shape index (κ2) is 8.47. The van der Waals surface area contributed by atoms with E-state index in [1.807, 2.05) is 33.0 Å². The van der Waals surface area contributed by atoms with Gasteiger partial charge in [0.2, 0.25) is 5.95 Å². The van der Waals surface area contributed by atoms with Crippen molar-refractivity contribution in [1.82, 2.24) is 9.97 Å². The van der Waals surface area contributed by atoms with Crippen molar-refractivity contribution in [2.75, 3.05) is 17.3 Å². The Labute approximate surface area is 168 Å². The van der Waals surface area contributed by atoms with Crippen molar-refractivity contribution in [2.24, 2.45) is 0 Å². The van der Waals surface area contributed by atoms with Gasteiger partial charge in [-0.15, -0.1) is 0 Å². The van der Waals surface area contributed by atoms with Gasteiger partial charge in [0.15, 0.2) is 5.78 Å². The molecule has 3 aromatic rings. The minimum absolute atomic E-state index is 0.0315. The van der Waals surface area contributed by atoms with Crippen LogP contribution in [0.5, 0.6) is 0 Å². The largest absolute Gasteiger partial charge is 0.329 e. The van der Waals surface area contributed by atoms with Crippen LogP contribution in [-0.4, -0.2) is 27.7 Å². The molecular weight excluding hydrogens is 370 g/mol. The second-order valence-corrected chi connectivity index (χ2v) is 6.50. The SMILES string of the molecule is CCC(=O)c1cc(Nc2nccc(N(C)c3ccc([N+](=O)[O-])cc3)n2)ccc1C. The van der Waals surface area contributed by atoms with Crippen LogP contribution in [0.1, 0.15) is 29.3 Å². The maximum atomic E-state index is 12.1. The molecule has 0 radical (unpaired) electrons. The van der Waals surface area contributed by atoms with E-state index in [-0.39, 0.29) is 11.5 Å². The van der Waals surface area contributed by atoms with Gasteiger partial charge in [0.05, 0.1) is 4.92 Å². The van der Waals surface area contributed by atoms with E-state index in [4.69, 9.17) is 0 Å². The van der Waals surface area contributed by atoms with Gasteiger partial charge >= 0.3 is 0 Å². The number of nitrogens with zero attached hydrogens (tertiary/aromatic N) is 4. The van der Waals surface area contributed by atoms with E-state index in [1.54, 1.807) is 35.4 Å². The van der Waals surface area contributed by atoms with Crippen LogP contribution in [0.2, 0.25) is 0 Å². The van der Waals surface area contributed by atoms with Crippen LogP contribution in [0.15, 0.2) is 54.7 Å². The molecule has 0 bridgehead atoms. The zero-order valence-corrected chi connectivity index (χ0v) is 16.4. The topological polar surface area (TPSA) is 101 Å². The first-order valence-corrected chi connectivity index (χ1v) is 9.11. The molecule has 0 spiro atoms. The maximum Gasteiger partial charge on any atom is 0.269 e. The zero-order valence-electron chi connectivity index (χ0n) is 16.4. The molecule has 0 saturated heterocycles. The van der Waals surface area contributed by atoms with Gasteiger partial charge in [-0.2, -0.15) is 4.98 Å². The fraction of sp³-hybridized carbons (Fsp3) is 0.190. The maximum absolute atomic E-state index is 12.1. The molecule has 1 aromatic heterocycles. The van der Waals surface area contributed by atoms with Crippen molar-refractivity contribution in [3.8, 4) is 0 Å². The molecule has 0 unspecified atom stereocenters. The molecule has 1 N–H and O–H groups in total. The molecule has 0 atom stereocenters. The van der Waals surface area contributed by atoms with E-state index in [0.717, 1.165) is 16.9 Å². The molecule has 8 heteroatoms. The number of nitrogens with one attached hydrogen (secondary N) is 1. The highest BCUT2D eigenvalue weighted by Gasteiger charge is 2.11. The predicted molar refractivity (Wildman–Crippen MR) is 112 cm³/mol. The number of aryl methyl sites for hydroxylation is 1. The van der Waals surface area contributed by atoms with Crippen LogP contribution in [0, 0.1) is 17.0 Å². The molecule has 8 nitrogen and oxygen atoms in total. The molecular formula is C21H21N5O3. The van der Waals surface area contributed by atoms with E-state index < -0.39 is 4.92 Å². The Bertz CT molecular complexity index is 1050. The summed E-state index contributed by atoms with van der Waals surface area (Å²) in [6.45, 7) is 3.74. The van der Waals surface area contributed by atoms with Crippen LogP contribution in [0.3, 0.4) is 0 Å². The summed E-state index contributed by atoms with van der Waals surface area (Å²) in [5, 5.41) is 13.9. The number of ketones is 1. The van der Waals surface area contributed by atoms with Gasteiger partial charge in [-0.25, -0.2) is 4.98 Å². The molecule has 3 rings (SSSR count). The highest BCUT2D eigenvalue weighted by molar-refractivity contribution is 5.98. The number of carbonyl (C=O) groups excluding carboxylic acids is 1. The first kappa shape index (κ1) is 19.9. The average Bonchev–Trinajstić information content (AvgIpc) is 2.74. The average molecular weight is 391 g/mol. The monoisotopic (exact) mass is 391 g/mol. The Kier molecular flexibility index (Phi) is 5.82. The Morgan fingerprint density at radius 2 is 1.90 bits per heavy atom. The smallest absolute Gasteiger partial charge is 0.269 e. The Hall–Kier alpha value is -3.81. The number of Topliss-reactive ketones (excluding diaryl/α,β-unsaturated/α-hetero) is 1. The summed E-state index contributed by atoms with van der Waals surface area (Å²) < 4.78 is 0. The minimum atomic E-state index is -0.435. The van der Waals surface area contributed by atoms with Gasteiger partial charge in [0, 0.05) is 48.7 Å². The molecule has 29 heavy (non-hydrogen) atoms. The summed E-state index contributed by atoms with van der Waals surface area (Å²) in [5.74, 6) is 1.09. The number of non-ortho nitro benzene ring substituents is 1. The summed E-state index contributed by atoms with van der Waals surface area (Å²) in [5.41, 5.74) is 3.12. The first-order chi connectivity index (χ1) is 13.9. The molecule has 0 aliphatic carbocycles. The van der Waals surface area contributed by atoms with Gasteiger partial charge in [-0.3, -0.25) is 14.9 Å². The van der Waals surface area contributed by atoms with E-state index in [0.29, 0.717) is 23.8 Å². The van der Waals surface area contributed by atoms with E-state index in [1.165, 1.54) is 12.1 Å². The third-order valence-electron chi connectivity index (χ3n) is 4.55. The highest BCUT2D eigenvalue weighted by Crippen LogP contribution is 2.25. The standard InChI is InChI=1S/C21H21N5O3/c1-4-19(27)18-13-15(6-5-14(18)2)23-21-22-12-11-20(24-21)25(3)16-7-9-17(10-8-16)26(28)29/h5-13H,4H2,1-3H3,(H,22,23,24). The molecule has 0 saturated carbocycles. The number of aromatic nitrogens is 2. The van der Waals surface area contributed by atoms with Crippen molar-refractivity contribution < 1.29 is 9.72 Å². The van der Waals surface area contributed by atoms with E-state index in [2.05, 4.69) is 15.3 Å². The van der Waals surface area contributed by atoms with Crippen LogP contribution < -0.4 is 10.2 Å². The van der Waals surface area contributed by atoms with Crippen molar-refractivity contribution in [3.63, 3.8) is 0 Å². The van der Waals surface area contributed by atoms with Crippen LogP contribution in [0.25, 0.3) is 0 Å². The first-order valence-electron chi connectivity index (χ1n) is 9.11. The molecule has 1 heterocycles. The predicted octanol–water partition coefficient (Wildman–Crippen LogP) is 4.80. The van der Waals surface area contributed by atoms with E-state index in [9.17, 15) is 14.9 Å². The van der Waals surface area contributed by atoms with Gasteiger partial charge < -0.3 is 10.2 Å². The fourth-order valence-electron chi connectivity index (χ4n) is 2.85. The van der Waals surface area contributed by atoms with Gasteiger partial charge in [0.25, 0.3) is 5.69 Å². The second-order valence-electron chi connectivity index (χ2n) is 6.50. The summed E-state index contributed by atoms with van der Waals surface area (Å²) >= 11 is 0. The van der Waals surface area contributed by atoms with Gasteiger partial charge in [-0.05, 0) is 42.8 Å². The molecule has 0 amide bonds. The number of nitro benzene ring substituents is 1. The Balaban J connectivity index is 1.82. The highest BCUT2D eigenvalue weighted by atomic mass is 16.6. The summed E-state index contributed by atoms with van der Waals surface area (Å²) in [6, 6.07) is 13.5. The number of anilines is 4. The van der Waals surface area contributed by atoms with Crippen molar-refractivity contribution in [3.05, 3.63) is 76.0 Å². The Morgan fingerprint density at radius 1 is 1.17 bits per heavy atom. The number of carbonyl (C=O) groups is 1. The molecule has 0 aliphatic rings. The van der Waals surface area contributed by atoms with Crippen molar-refractivity contribution in [2.45, 2.75) is 20.3 Å². The quantitative estimate of drug-likeness (QED) is 0.351. The number of rotatable bonds is 7. The lowest BCUT2D eigenvalue weighted by molar-refractivity contribution is -0.384.